The lowest BCUT2D eigenvalue weighted by molar-refractivity contribution is -0.385. The second-order valence-corrected chi connectivity index (χ2v) is 4.95. The van der Waals surface area contributed by atoms with Crippen molar-refractivity contribution in [2.75, 3.05) is 12.8 Å². The third kappa shape index (κ3) is 3.38. The van der Waals surface area contributed by atoms with Crippen LogP contribution < -0.4 is 10.5 Å². The van der Waals surface area contributed by atoms with E-state index in [2.05, 4.69) is 0 Å². The predicted molar refractivity (Wildman–Crippen MR) is 74.6 cm³/mol. The molecule has 0 radical (unpaired) electrons. The van der Waals surface area contributed by atoms with Gasteiger partial charge in [-0.15, -0.1) is 0 Å². The van der Waals surface area contributed by atoms with E-state index in [1.807, 2.05) is 24.3 Å². The molecule has 0 bridgehead atoms. The van der Waals surface area contributed by atoms with Crippen LogP contribution in [-0.4, -0.2) is 12.0 Å². The van der Waals surface area contributed by atoms with Crippen molar-refractivity contribution in [1.82, 2.24) is 0 Å². The summed E-state index contributed by atoms with van der Waals surface area (Å²) in [6.07, 6.45) is 0. The molecular formula is C13H12N2O3S. The van der Waals surface area contributed by atoms with Crippen LogP contribution in [0.25, 0.3) is 0 Å². The zero-order valence-corrected chi connectivity index (χ0v) is 11.0. The molecule has 0 spiro atoms. The van der Waals surface area contributed by atoms with Gasteiger partial charge in [-0.2, -0.15) is 0 Å². The molecule has 2 N–H and O–H groups in total. The molecule has 0 amide bonds. The molecule has 0 saturated heterocycles. The van der Waals surface area contributed by atoms with E-state index in [-0.39, 0.29) is 5.69 Å². The maximum Gasteiger partial charge on any atom is 0.272 e. The summed E-state index contributed by atoms with van der Waals surface area (Å²) in [6.45, 7) is 0. The number of nitrogen functional groups attached to an aromatic ring is 1. The molecule has 2 aromatic carbocycles. The average molecular weight is 276 g/mol. The van der Waals surface area contributed by atoms with Crippen molar-refractivity contribution in [3.05, 3.63) is 52.6 Å². The van der Waals surface area contributed by atoms with E-state index < -0.39 is 4.92 Å². The fourth-order valence-corrected chi connectivity index (χ4v) is 2.54. The SMILES string of the molecule is COc1cccc(Sc2cc(N)cc([N+](=O)[O-])c2)c1. The van der Waals surface area contributed by atoms with Gasteiger partial charge in [0.15, 0.2) is 0 Å². The molecule has 0 saturated carbocycles. The van der Waals surface area contributed by atoms with E-state index in [4.69, 9.17) is 10.5 Å². The Kier molecular flexibility index (Phi) is 3.91. The van der Waals surface area contributed by atoms with Gasteiger partial charge < -0.3 is 10.5 Å². The zero-order valence-electron chi connectivity index (χ0n) is 10.2. The number of hydrogen-bond acceptors (Lipinski definition) is 5. The topological polar surface area (TPSA) is 78.4 Å². The van der Waals surface area contributed by atoms with Crippen LogP contribution in [-0.2, 0) is 0 Å². The van der Waals surface area contributed by atoms with Crippen molar-refractivity contribution in [1.29, 1.82) is 0 Å². The first-order valence-corrected chi connectivity index (χ1v) is 6.27. The Hall–Kier alpha value is -2.21. The zero-order chi connectivity index (χ0) is 13.8. The number of anilines is 1. The van der Waals surface area contributed by atoms with Crippen LogP contribution >= 0.6 is 11.8 Å². The van der Waals surface area contributed by atoms with Gasteiger partial charge in [-0.1, -0.05) is 17.8 Å². The molecule has 0 fully saturated rings. The molecule has 98 valence electrons. The van der Waals surface area contributed by atoms with Crippen molar-refractivity contribution in [2.45, 2.75) is 9.79 Å². The highest BCUT2D eigenvalue weighted by Gasteiger charge is 2.09. The second-order valence-electron chi connectivity index (χ2n) is 3.80. The van der Waals surface area contributed by atoms with E-state index >= 15 is 0 Å². The molecule has 0 unspecified atom stereocenters. The highest BCUT2D eigenvalue weighted by molar-refractivity contribution is 7.99. The average Bonchev–Trinajstić information content (AvgIpc) is 2.38. The van der Waals surface area contributed by atoms with Crippen LogP contribution in [0.15, 0.2) is 52.3 Å². The number of nitro benzene ring substituents is 1. The summed E-state index contributed by atoms with van der Waals surface area (Å²) >= 11 is 1.40. The molecule has 2 aromatic rings. The van der Waals surface area contributed by atoms with E-state index in [0.29, 0.717) is 5.69 Å². The van der Waals surface area contributed by atoms with Crippen molar-refractivity contribution in [3.8, 4) is 5.75 Å². The lowest BCUT2D eigenvalue weighted by Crippen LogP contribution is -1.92. The molecular weight excluding hydrogens is 264 g/mol. The summed E-state index contributed by atoms with van der Waals surface area (Å²) in [6, 6.07) is 12.0. The lowest BCUT2D eigenvalue weighted by Gasteiger charge is -2.05. The third-order valence-electron chi connectivity index (χ3n) is 2.40. The number of ether oxygens (including phenoxy) is 1. The minimum atomic E-state index is -0.452. The summed E-state index contributed by atoms with van der Waals surface area (Å²) in [4.78, 5) is 12.0. The Labute approximate surface area is 114 Å². The van der Waals surface area contributed by atoms with Crippen LogP contribution in [0.3, 0.4) is 0 Å². The Balaban J connectivity index is 2.29. The molecule has 6 heteroatoms. The fourth-order valence-electron chi connectivity index (χ4n) is 1.57. The number of benzene rings is 2. The van der Waals surface area contributed by atoms with Gasteiger partial charge in [0.25, 0.3) is 5.69 Å². The van der Waals surface area contributed by atoms with E-state index in [9.17, 15) is 10.1 Å². The maximum atomic E-state index is 10.8. The van der Waals surface area contributed by atoms with Gasteiger partial charge in [0.1, 0.15) is 5.75 Å². The van der Waals surface area contributed by atoms with Crippen molar-refractivity contribution < 1.29 is 9.66 Å². The van der Waals surface area contributed by atoms with Gasteiger partial charge in [0.05, 0.1) is 12.0 Å². The summed E-state index contributed by atoms with van der Waals surface area (Å²) in [7, 11) is 1.59. The lowest BCUT2D eigenvalue weighted by atomic mass is 10.3. The number of hydrogen-bond donors (Lipinski definition) is 1. The molecule has 0 aliphatic carbocycles. The van der Waals surface area contributed by atoms with Gasteiger partial charge in [-0.05, 0) is 24.3 Å². The normalized spacial score (nSPS) is 10.2. The van der Waals surface area contributed by atoms with E-state index in [0.717, 1.165) is 15.5 Å². The first-order valence-electron chi connectivity index (χ1n) is 5.45. The first kappa shape index (κ1) is 13.2. The van der Waals surface area contributed by atoms with Crippen LogP contribution in [0.2, 0.25) is 0 Å². The Bertz CT molecular complexity index is 617. The van der Waals surface area contributed by atoms with Crippen LogP contribution in [0.1, 0.15) is 0 Å². The molecule has 0 aliphatic heterocycles. The standard InChI is InChI=1S/C13H12N2O3S/c1-18-11-3-2-4-12(8-11)19-13-6-9(14)5-10(7-13)15(16)17/h2-8H,14H2,1H3. The van der Waals surface area contributed by atoms with Crippen molar-refractivity contribution in [2.24, 2.45) is 0 Å². The largest absolute Gasteiger partial charge is 0.497 e. The van der Waals surface area contributed by atoms with Gasteiger partial charge in [0, 0.05) is 27.6 Å². The van der Waals surface area contributed by atoms with Gasteiger partial charge in [-0.3, -0.25) is 10.1 Å². The van der Waals surface area contributed by atoms with Crippen LogP contribution in [0, 0.1) is 10.1 Å². The minimum absolute atomic E-state index is 0.00889. The molecule has 19 heavy (non-hydrogen) atoms. The number of nitrogens with zero attached hydrogens (tertiary/aromatic N) is 1. The molecule has 2 rings (SSSR count). The van der Waals surface area contributed by atoms with E-state index in [1.165, 1.54) is 23.9 Å². The van der Waals surface area contributed by atoms with Crippen LogP contribution in [0.5, 0.6) is 5.75 Å². The Morgan fingerprint density at radius 1 is 1.21 bits per heavy atom. The van der Waals surface area contributed by atoms with Gasteiger partial charge >= 0.3 is 0 Å². The first-order chi connectivity index (χ1) is 9.08. The van der Waals surface area contributed by atoms with Crippen molar-refractivity contribution in [3.63, 3.8) is 0 Å². The van der Waals surface area contributed by atoms with Crippen LogP contribution in [0.4, 0.5) is 11.4 Å². The van der Waals surface area contributed by atoms with Gasteiger partial charge in [-0.25, -0.2) is 0 Å². The van der Waals surface area contributed by atoms with E-state index in [1.54, 1.807) is 13.2 Å². The summed E-state index contributed by atoms with van der Waals surface area (Å²) in [5, 5.41) is 10.8. The quantitative estimate of drug-likeness (QED) is 0.526. The van der Waals surface area contributed by atoms with Crippen molar-refractivity contribution >= 4 is 23.1 Å². The fraction of sp³-hybridized carbons (Fsp3) is 0.0769. The second kappa shape index (κ2) is 5.62. The molecule has 0 aliphatic rings. The smallest absolute Gasteiger partial charge is 0.272 e. The minimum Gasteiger partial charge on any atom is -0.497 e. The third-order valence-corrected chi connectivity index (χ3v) is 3.36. The highest BCUT2D eigenvalue weighted by Crippen LogP contribution is 2.33. The van der Waals surface area contributed by atoms with Gasteiger partial charge in [0.2, 0.25) is 0 Å². The molecule has 5 nitrogen and oxygen atoms in total. The Morgan fingerprint density at radius 3 is 2.68 bits per heavy atom. The number of methoxy groups -OCH3 is 1. The Morgan fingerprint density at radius 2 is 2.00 bits per heavy atom. The number of non-ortho nitro benzene ring substituents is 1. The summed E-state index contributed by atoms with van der Waals surface area (Å²) < 4.78 is 5.13. The molecule has 0 heterocycles. The number of nitrogens with two attached hydrogens (primary N) is 1. The molecule has 0 atom stereocenters. The number of nitro groups is 1. The summed E-state index contributed by atoms with van der Waals surface area (Å²) in [5.74, 6) is 0.739. The summed E-state index contributed by atoms with van der Waals surface area (Å²) in [5.41, 5.74) is 6.03. The monoisotopic (exact) mass is 276 g/mol. The maximum absolute atomic E-state index is 10.8. The number of rotatable bonds is 4. The highest BCUT2D eigenvalue weighted by atomic mass is 32.2. The predicted octanol–water partition coefficient (Wildman–Crippen LogP) is 3.34. The molecule has 0 aromatic heterocycles.